The number of methoxy groups -OCH3 is 1. The average molecular weight is 309 g/mol. The summed E-state index contributed by atoms with van der Waals surface area (Å²) in [6.07, 6.45) is 1.40. The van der Waals surface area contributed by atoms with Crippen LogP contribution in [0.5, 0.6) is 0 Å². The van der Waals surface area contributed by atoms with Crippen LogP contribution < -0.4 is 10.9 Å². The molecule has 0 aliphatic rings. The fourth-order valence-electron chi connectivity index (χ4n) is 1.70. The van der Waals surface area contributed by atoms with Gasteiger partial charge in [0.1, 0.15) is 5.82 Å². The van der Waals surface area contributed by atoms with E-state index < -0.39 is 0 Å². The number of benzene rings is 1. The van der Waals surface area contributed by atoms with Gasteiger partial charge in [-0.05, 0) is 23.4 Å². The Labute approximate surface area is 126 Å². The molecule has 0 unspecified atom stereocenters. The number of hydrogen-bond acceptors (Lipinski definition) is 5. The summed E-state index contributed by atoms with van der Waals surface area (Å²) >= 11 is 1.11. The Kier molecular flexibility index (Phi) is 5.91. The van der Waals surface area contributed by atoms with Crippen LogP contribution in [0.1, 0.15) is 5.56 Å². The molecule has 0 aliphatic heterocycles. The number of H-pyrrole nitrogens is 1. The number of nitrogens with one attached hydrogen (secondary N) is 2. The smallest absolute Gasteiger partial charge is 0.251 e. The SMILES string of the molecule is COCCNCc1cccc(F)c1Sc1nccc(=O)[nH]1. The van der Waals surface area contributed by atoms with Crippen LogP contribution in [0.25, 0.3) is 0 Å². The lowest BCUT2D eigenvalue weighted by Crippen LogP contribution is -2.19. The first-order chi connectivity index (χ1) is 10.2. The van der Waals surface area contributed by atoms with Crippen molar-refractivity contribution >= 4 is 11.8 Å². The van der Waals surface area contributed by atoms with Crippen LogP contribution in [0.2, 0.25) is 0 Å². The van der Waals surface area contributed by atoms with Crippen LogP contribution in [0, 0.1) is 5.82 Å². The van der Waals surface area contributed by atoms with E-state index in [4.69, 9.17) is 4.74 Å². The predicted molar refractivity (Wildman–Crippen MR) is 79.0 cm³/mol. The Hall–Kier alpha value is -1.70. The third-order valence-electron chi connectivity index (χ3n) is 2.69. The van der Waals surface area contributed by atoms with E-state index in [2.05, 4.69) is 15.3 Å². The van der Waals surface area contributed by atoms with E-state index in [1.54, 1.807) is 13.2 Å². The van der Waals surface area contributed by atoms with Crippen LogP contribution in [0.3, 0.4) is 0 Å². The van der Waals surface area contributed by atoms with E-state index in [1.807, 2.05) is 6.07 Å². The van der Waals surface area contributed by atoms with Crippen molar-refractivity contribution in [3.8, 4) is 0 Å². The van der Waals surface area contributed by atoms with E-state index in [0.29, 0.717) is 29.7 Å². The van der Waals surface area contributed by atoms with Gasteiger partial charge < -0.3 is 15.0 Å². The predicted octanol–water partition coefficient (Wildman–Crippen LogP) is 1.80. The second kappa shape index (κ2) is 7.92. The average Bonchev–Trinajstić information content (AvgIpc) is 2.47. The van der Waals surface area contributed by atoms with Crippen molar-refractivity contribution in [2.24, 2.45) is 0 Å². The summed E-state index contributed by atoms with van der Waals surface area (Å²) in [6, 6.07) is 6.21. The topological polar surface area (TPSA) is 67.0 Å². The zero-order valence-electron chi connectivity index (χ0n) is 11.6. The Morgan fingerprint density at radius 1 is 1.43 bits per heavy atom. The molecule has 0 bridgehead atoms. The Balaban J connectivity index is 2.15. The van der Waals surface area contributed by atoms with E-state index in [-0.39, 0.29) is 11.4 Å². The number of aromatic nitrogens is 2. The highest BCUT2D eigenvalue weighted by atomic mass is 32.2. The van der Waals surface area contributed by atoms with Gasteiger partial charge in [0.25, 0.3) is 5.56 Å². The highest BCUT2D eigenvalue weighted by Crippen LogP contribution is 2.29. The zero-order valence-corrected chi connectivity index (χ0v) is 12.4. The maximum atomic E-state index is 14.0. The van der Waals surface area contributed by atoms with E-state index in [1.165, 1.54) is 18.3 Å². The molecule has 0 saturated heterocycles. The number of hydrogen-bond donors (Lipinski definition) is 2. The van der Waals surface area contributed by atoms with Crippen LogP contribution in [0.15, 0.2) is 45.3 Å². The molecule has 0 radical (unpaired) electrons. The first kappa shape index (κ1) is 15.7. The van der Waals surface area contributed by atoms with Crippen LogP contribution in [-0.2, 0) is 11.3 Å². The molecule has 0 saturated carbocycles. The van der Waals surface area contributed by atoms with Crippen molar-refractivity contribution in [3.63, 3.8) is 0 Å². The molecular weight excluding hydrogens is 293 g/mol. The zero-order chi connectivity index (χ0) is 15.1. The molecule has 2 N–H and O–H groups in total. The lowest BCUT2D eigenvalue weighted by Gasteiger charge is -2.10. The second-order valence-electron chi connectivity index (χ2n) is 4.24. The van der Waals surface area contributed by atoms with Crippen LogP contribution >= 0.6 is 11.8 Å². The largest absolute Gasteiger partial charge is 0.383 e. The number of ether oxygens (including phenoxy) is 1. The number of aromatic amines is 1. The van der Waals surface area contributed by atoms with Gasteiger partial charge >= 0.3 is 0 Å². The second-order valence-corrected chi connectivity index (χ2v) is 5.24. The van der Waals surface area contributed by atoms with Crippen molar-refractivity contribution in [3.05, 3.63) is 52.2 Å². The summed E-state index contributed by atoms with van der Waals surface area (Å²) in [6.45, 7) is 1.78. The lowest BCUT2D eigenvalue weighted by atomic mass is 10.2. The number of rotatable bonds is 7. The van der Waals surface area contributed by atoms with E-state index >= 15 is 0 Å². The first-order valence-corrected chi connectivity index (χ1v) is 7.22. The van der Waals surface area contributed by atoms with Gasteiger partial charge in [-0.3, -0.25) is 4.79 Å². The summed E-state index contributed by atoms with van der Waals surface area (Å²) in [7, 11) is 1.63. The molecule has 1 aromatic heterocycles. The minimum atomic E-state index is -0.336. The summed E-state index contributed by atoms with van der Waals surface area (Å²) in [4.78, 5) is 18.3. The number of nitrogens with zero attached hydrogens (tertiary/aromatic N) is 1. The van der Waals surface area contributed by atoms with Gasteiger partial charge in [0.15, 0.2) is 5.16 Å². The van der Waals surface area contributed by atoms with E-state index in [0.717, 1.165) is 17.3 Å². The van der Waals surface area contributed by atoms with Gasteiger partial charge in [-0.2, -0.15) is 0 Å². The van der Waals surface area contributed by atoms with Gasteiger partial charge in [0, 0.05) is 32.5 Å². The van der Waals surface area contributed by atoms with Gasteiger partial charge in [-0.25, -0.2) is 9.37 Å². The molecule has 21 heavy (non-hydrogen) atoms. The van der Waals surface area contributed by atoms with Crippen molar-refractivity contribution in [1.82, 2.24) is 15.3 Å². The molecule has 7 heteroatoms. The summed E-state index contributed by atoms with van der Waals surface area (Å²) in [5.41, 5.74) is 0.547. The third kappa shape index (κ3) is 4.66. The monoisotopic (exact) mass is 309 g/mol. The summed E-state index contributed by atoms with van der Waals surface area (Å²) in [5.74, 6) is -0.336. The van der Waals surface area contributed by atoms with Crippen molar-refractivity contribution < 1.29 is 9.13 Å². The van der Waals surface area contributed by atoms with Crippen LogP contribution in [-0.4, -0.2) is 30.2 Å². The standard InChI is InChI=1S/C14H16FN3O2S/c1-20-8-7-16-9-10-3-2-4-11(15)13(10)21-14-17-6-5-12(19)18-14/h2-6,16H,7-9H2,1H3,(H,17,18,19). The van der Waals surface area contributed by atoms with Crippen molar-refractivity contribution in [2.45, 2.75) is 16.6 Å². The van der Waals surface area contributed by atoms with Gasteiger partial charge in [0.2, 0.25) is 0 Å². The fraction of sp³-hybridized carbons (Fsp3) is 0.286. The molecular formula is C14H16FN3O2S. The minimum absolute atomic E-state index is 0.261. The molecule has 1 heterocycles. The Bertz CT molecular complexity index is 648. The molecule has 0 spiro atoms. The van der Waals surface area contributed by atoms with Crippen molar-refractivity contribution in [1.29, 1.82) is 0 Å². The molecule has 2 aromatic rings. The molecule has 1 aromatic carbocycles. The normalized spacial score (nSPS) is 10.8. The maximum Gasteiger partial charge on any atom is 0.251 e. The van der Waals surface area contributed by atoms with Gasteiger partial charge in [0.05, 0.1) is 11.5 Å². The third-order valence-corrected chi connectivity index (χ3v) is 3.76. The molecule has 112 valence electrons. The quantitative estimate of drug-likeness (QED) is 0.603. The van der Waals surface area contributed by atoms with Crippen LogP contribution in [0.4, 0.5) is 4.39 Å². The Morgan fingerprint density at radius 3 is 3.05 bits per heavy atom. The van der Waals surface area contributed by atoms with Gasteiger partial charge in [-0.15, -0.1) is 0 Å². The molecule has 0 amide bonds. The molecule has 5 nitrogen and oxygen atoms in total. The lowest BCUT2D eigenvalue weighted by molar-refractivity contribution is 0.199. The highest BCUT2D eigenvalue weighted by molar-refractivity contribution is 7.99. The molecule has 0 fully saturated rings. The number of halogens is 1. The first-order valence-electron chi connectivity index (χ1n) is 6.41. The van der Waals surface area contributed by atoms with Crippen molar-refractivity contribution in [2.75, 3.05) is 20.3 Å². The van der Waals surface area contributed by atoms with Gasteiger partial charge in [-0.1, -0.05) is 12.1 Å². The summed E-state index contributed by atoms with van der Waals surface area (Å²) < 4.78 is 19.0. The maximum absolute atomic E-state index is 14.0. The summed E-state index contributed by atoms with van der Waals surface area (Å²) in [5, 5.41) is 3.54. The minimum Gasteiger partial charge on any atom is -0.383 e. The molecule has 2 rings (SSSR count). The molecule has 0 aliphatic carbocycles. The van der Waals surface area contributed by atoms with E-state index in [9.17, 15) is 9.18 Å². The highest BCUT2D eigenvalue weighted by Gasteiger charge is 2.11. The molecule has 0 atom stereocenters. The fourth-order valence-corrected chi connectivity index (χ4v) is 2.60. The Morgan fingerprint density at radius 2 is 2.29 bits per heavy atom.